The fourth-order valence-corrected chi connectivity index (χ4v) is 3.14. The van der Waals surface area contributed by atoms with E-state index in [4.69, 9.17) is 5.73 Å². The molecule has 0 saturated heterocycles. The third-order valence-electron chi connectivity index (χ3n) is 3.00. The fourth-order valence-electron chi connectivity index (χ4n) is 1.80. The molecule has 0 aliphatic rings. The second kappa shape index (κ2) is 6.05. The zero-order valence-electron chi connectivity index (χ0n) is 11.6. The maximum atomic E-state index is 11.8. The van der Waals surface area contributed by atoms with Crippen LogP contribution in [-0.4, -0.2) is 15.5 Å². The minimum absolute atomic E-state index is 0.157. The maximum Gasteiger partial charge on any atom is 0.240 e. The Morgan fingerprint density at radius 2 is 1.81 bits per heavy atom. The van der Waals surface area contributed by atoms with Crippen LogP contribution < -0.4 is 15.8 Å². The van der Waals surface area contributed by atoms with E-state index in [0.29, 0.717) is 11.4 Å². The Labute approximate surface area is 132 Å². The molecular formula is C14H16BrN3O2S. The number of anilines is 3. The minimum Gasteiger partial charge on any atom is -0.397 e. The Bertz CT molecular complexity index is 776. The summed E-state index contributed by atoms with van der Waals surface area (Å²) in [4.78, 5) is 0.157. The molecule has 2 aromatic carbocycles. The summed E-state index contributed by atoms with van der Waals surface area (Å²) in [6.07, 6.45) is 0. The maximum absolute atomic E-state index is 11.8. The molecule has 21 heavy (non-hydrogen) atoms. The van der Waals surface area contributed by atoms with Gasteiger partial charge in [-0.25, -0.2) is 13.1 Å². The van der Waals surface area contributed by atoms with Crippen molar-refractivity contribution in [3.05, 3.63) is 46.4 Å². The van der Waals surface area contributed by atoms with Crippen LogP contribution in [0.1, 0.15) is 5.56 Å². The predicted molar refractivity (Wildman–Crippen MR) is 89.3 cm³/mol. The van der Waals surface area contributed by atoms with Gasteiger partial charge in [-0.15, -0.1) is 0 Å². The van der Waals surface area contributed by atoms with Crippen molar-refractivity contribution in [2.24, 2.45) is 0 Å². The molecule has 0 unspecified atom stereocenters. The summed E-state index contributed by atoms with van der Waals surface area (Å²) in [6, 6.07) is 10.4. The van der Waals surface area contributed by atoms with E-state index >= 15 is 0 Å². The average Bonchev–Trinajstić information content (AvgIpc) is 2.43. The molecule has 0 radical (unpaired) electrons. The lowest BCUT2D eigenvalue weighted by Crippen LogP contribution is -2.18. The van der Waals surface area contributed by atoms with Crippen molar-refractivity contribution >= 4 is 43.0 Å². The van der Waals surface area contributed by atoms with Gasteiger partial charge >= 0.3 is 0 Å². The van der Waals surface area contributed by atoms with Gasteiger partial charge in [-0.1, -0.05) is 6.07 Å². The van der Waals surface area contributed by atoms with Gasteiger partial charge in [0, 0.05) is 4.47 Å². The molecule has 7 heteroatoms. The van der Waals surface area contributed by atoms with E-state index in [1.807, 2.05) is 25.1 Å². The zero-order valence-corrected chi connectivity index (χ0v) is 14.0. The molecule has 0 saturated carbocycles. The number of hydrogen-bond donors (Lipinski definition) is 3. The number of nitrogens with one attached hydrogen (secondary N) is 2. The van der Waals surface area contributed by atoms with Crippen LogP contribution in [-0.2, 0) is 10.0 Å². The smallest absolute Gasteiger partial charge is 0.240 e. The van der Waals surface area contributed by atoms with Crippen LogP contribution in [0.2, 0.25) is 0 Å². The van der Waals surface area contributed by atoms with Gasteiger partial charge in [-0.05, 0) is 65.8 Å². The Morgan fingerprint density at radius 3 is 2.43 bits per heavy atom. The fraction of sp³-hybridized carbons (Fsp3) is 0.143. The van der Waals surface area contributed by atoms with Gasteiger partial charge in [-0.2, -0.15) is 0 Å². The first-order chi connectivity index (χ1) is 9.83. The van der Waals surface area contributed by atoms with Gasteiger partial charge in [0.25, 0.3) is 0 Å². The summed E-state index contributed by atoms with van der Waals surface area (Å²) in [5, 5.41) is 3.14. The third-order valence-corrected chi connectivity index (χ3v) is 5.07. The van der Waals surface area contributed by atoms with Crippen LogP contribution in [0.5, 0.6) is 0 Å². The van der Waals surface area contributed by atoms with E-state index in [-0.39, 0.29) is 4.90 Å². The van der Waals surface area contributed by atoms with Crippen molar-refractivity contribution in [2.75, 3.05) is 18.1 Å². The standard InChI is InChI=1S/C14H16BrN3O2S/c1-9-3-6-13(11(15)7-9)18-14-8-10(4-5-12(14)16)21(19,20)17-2/h3-8,17-18H,16H2,1-2H3. The molecule has 112 valence electrons. The zero-order chi connectivity index (χ0) is 15.6. The molecule has 0 aromatic heterocycles. The van der Waals surface area contributed by atoms with Crippen molar-refractivity contribution in [1.29, 1.82) is 0 Å². The lowest BCUT2D eigenvalue weighted by molar-refractivity contribution is 0.588. The van der Waals surface area contributed by atoms with Crippen LogP contribution >= 0.6 is 15.9 Å². The minimum atomic E-state index is -3.50. The van der Waals surface area contributed by atoms with Gasteiger partial charge in [0.2, 0.25) is 10.0 Å². The number of hydrogen-bond acceptors (Lipinski definition) is 4. The topological polar surface area (TPSA) is 84.2 Å². The van der Waals surface area contributed by atoms with Crippen molar-refractivity contribution < 1.29 is 8.42 Å². The second-order valence-corrected chi connectivity index (χ2v) is 7.31. The molecule has 2 rings (SSSR count). The number of sulfonamides is 1. The number of halogens is 1. The van der Waals surface area contributed by atoms with Crippen molar-refractivity contribution in [2.45, 2.75) is 11.8 Å². The lowest BCUT2D eigenvalue weighted by Gasteiger charge is -2.13. The van der Waals surface area contributed by atoms with Crippen molar-refractivity contribution in [3.8, 4) is 0 Å². The Hall–Kier alpha value is -1.57. The van der Waals surface area contributed by atoms with Gasteiger partial charge in [0.1, 0.15) is 0 Å². The van der Waals surface area contributed by atoms with Crippen molar-refractivity contribution in [1.82, 2.24) is 4.72 Å². The molecule has 0 fully saturated rings. The van der Waals surface area contributed by atoms with Gasteiger partial charge < -0.3 is 11.1 Å². The highest BCUT2D eigenvalue weighted by molar-refractivity contribution is 9.10. The average molecular weight is 370 g/mol. The van der Waals surface area contributed by atoms with Crippen LogP contribution in [0.4, 0.5) is 17.1 Å². The normalized spacial score (nSPS) is 11.4. The van der Waals surface area contributed by atoms with E-state index in [2.05, 4.69) is 26.0 Å². The van der Waals surface area contributed by atoms with E-state index in [9.17, 15) is 8.42 Å². The highest BCUT2D eigenvalue weighted by Gasteiger charge is 2.13. The highest BCUT2D eigenvalue weighted by Crippen LogP contribution is 2.30. The monoisotopic (exact) mass is 369 g/mol. The molecule has 2 aromatic rings. The summed E-state index contributed by atoms with van der Waals surface area (Å²) in [5.74, 6) is 0. The molecule has 4 N–H and O–H groups in total. The molecule has 0 heterocycles. The molecule has 0 atom stereocenters. The Kier molecular flexibility index (Phi) is 4.55. The number of benzene rings is 2. The Balaban J connectivity index is 2.42. The van der Waals surface area contributed by atoms with Crippen LogP contribution in [0, 0.1) is 6.92 Å². The van der Waals surface area contributed by atoms with Gasteiger partial charge in [-0.3, -0.25) is 0 Å². The van der Waals surface area contributed by atoms with Crippen molar-refractivity contribution in [3.63, 3.8) is 0 Å². The predicted octanol–water partition coefficient (Wildman–Crippen LogP) is 2.99. The first-order valence-electron chi connectivity index (χ1n) is 6.20. The van der Waals surface area contributed by atoms with E-state index in [1.165, 1.54) is 19.2 Å². The van der Waals surface area contributed by atoms with Crippen LogP contribution in [0.25, 0.3) is 0 Å². The van der Waals surface area contributed by atoms with Gasteiger partial charge in [0.05, 0.1) is 22.0 Å². The summed E-state index contributed by atoms with van der Waals surface area (Å²) >= 11 is 3.47. The highest BCUT2D eigenvalue weighted by atomic mass is 79.9. The number of aryl methyl sites for hydroxylation is 1. The quantitative estimate of drug-likeness (QED) is 0.723. The molecule has 5 nitrogen and oxygen atoms in total. The molecule has 0 bridgehead atoms. The molecule has 0 amide bonds. The summed E-state index contributed by atoms with van der Waals surface area (Å²) < 4.78 is 26.8. The number of nitrogen functional groups attached to an aromatic ring is 1. The lowest BCUT2D eigenvalue weighted by atomic mass is 10.2. The van der Waals surface area contributed by atoms with E-state index in [0.717, 1.165) is 15.7 Å². The third kappa shape index (κ3) is 3.55. The SMILES string of the molecule is CNS(=O)(=O)c1ccc(N)c(Nc2ccc(C)cc2Br)c1. The van der Waals surface area contributed by atoms with Gasteiger partial charge in [0.15, 0.2) is 0 Å². The van der Waals surface area contributed by atoms with Crippen LogP contribution in [0.3, 0.4) is 0 Å². The summed E-state index contributed by atoms with van der Waals surface area (Å²) in [6.45, 7) is 1.99. The molecule has 0 aliphatic heterocycles. The first kappa shape index (κ1) is 15.8. The first-order valence-corrected chi connectivity index (χ1v) is 8.47. The van der Waals surface area contributed by atoms with Crippen LogP contribution in [0.15, 0.2) is 45.8 Å². The van der Waals surface area contributed by atoms with E-state index < -0.39 is 10.0 Å². The number of rotatable bonds is 4. The summed E-state index contributed by atoms with van der Waals surface area (Å²) in [5.41, 5.74) is 8.85. The second-order valence-electron chi connectivity index (χ2n) is 4.56. The van der Waals surface area contributed by atoms with E-state index in [1.54, 1.807) is 6.07 Å². The molecule has 0 spiro atoms. The molecular weight excluding hydrogens is 354 g/mol. The Morgan fingerprint density at radius 1 is 1.10 bits per heavy atom. The summed E-state index contributed by atoms with van der Waals surface area (Å²) in [7, 11) is -2.13. The largest absolute Gasteiger partial charge is 0.397 e. The number of nitrogens with two attached hydrogens (primary N) is 1. The molecule has 0 aliphatic carbocycles.